The second kappa shape index (κ2) is 3.83. The highest BCUT2D eigenvalue weighted by Gasteiger charge is 2.67. The van der Waals surface area contributed by atoms with Crippen molar-refractivity contribution in [1.29, 1.82) is 0 Å². The van der Waals surface area contributed by atoms with Crippen LogP contribution in [-0.2, 0) is 10.4 Å². The summed E-state index contributed by atoms with van der Waals surface area (Å²) in [4.78, 5) is 12.2. The van der Waals surface area contributed by atoms with Crippen molar-refractivity contribution >= 4 is 5.97 Å². The minimum absolute atomic E-state index is 0.231. The molecule has 4 atom stereocenters. The van der Waals surface area contributed by atoms with E-state index < -0.39 is 5.60 Å². The number of hydrogen-bond acceptors (Lipinski definition) is 3. The van der Waals surface area contributed by atoms with E-state index in [1.165, 1.54) is 12.8 Å². The number of aliphatic hydroxyl groups is 1. The van der Waals surface area contributed by atoms with E-state index >= 15 is 0 Å². The first-order valence-electron chi connectivity index (χ1n) is 7.26. The number of carbonyl (C=O) groups excluding carboxylic acids is 1. The van der Waals surface area contributed by atoms with Gasteiger partial charge in [0.25, 0.3) is 0 Å². The molecule has 0 bridgehead atoms. The standard InChI is InChI=1S/C16H18O3/c17-15-14-10-6-2-1-3-7-11(10)16(14,18)12-8-4-5-9-13(12)19-15/h4-5,8-11,14,18H,1-3,6-7H2/t10-,11-,14+,16+/m0/s1. The predicted molar refractivity (Wildman–Crippen MR) is 69.5 cm³/mol. The van der Waals surface area contributed by atoms with Gasteiger partial charge in [-0.3, -0.25) is 4.79 Å². The minimum atomic E-state index is -0.971. The van der Waals surface area contributed by atoms with Crippen LogP contribution in [0.4, 0.5) is 0 Å². The second-order valence-corrected chi connectivity index (χ2v) is 6.13. The monoisotopic (exact) mass is 258 g/mol. The summed E-state index contributed by atoms with van der Waals surface area (Å²) in [5.74, 6) is 0.520. The summed E-state index contributed by atoms with van der Waals surface area (Å²) in [7, 11) is 0. The first-order valence-corrected chi connectivity index (χ1v) is 7.26. The van der Waals surface area contributed by atoms with Gasteiger partial charge < -0.3 is 9.84 Å². The molecule has 2 fully saturated rings. The molecule has 0 amide bonds. The zero-order valence-corrected chi connectivity index (χ0v) is 10.8. The highest BCUT2D eigenvalue weighted by Crippen LogP contribution is 2.63. The average molecular weight is 258 g/mol. The minimum Gasteiger partial charge on any atom is -0.426 e. The lowest BCUT2D eigenvalue weighted by atomic mass is 9.49. The predicted octanol–water partition coefficient (Wildman–Crippen LogP) is 2.62. The van der Waals surface area contributed by atoms with Crippen LogP contribution in [0.5, 0.6) is 5.75 Å². The Morgan fingerprint density at radius 2 is 1.95 bits per heavy atom. The molecule has 100 valence electrons. The second-order valence-electron chi connectivity index (χ2n) is 6.13. The molecule has 3 heteroatoms. The number of benzene rings is 1. The summed E-state index contributed by atoms with van der Waals surface area (Å²) in [6.45, 7) is 0. The van der Waals surface area contributed by atoms with Gasteiger partial charge in [-0.15, -0.1) is 0 Å². The number of carbonyl (C=O) groups is 1. The third kappa shape index (κ3) is 1.34. The topological polar surface area (TPSA) is 46.5 Å². The lowest BCUT2D eigenvalue weighted by molar-refractivity contribution is -0.226. The van der Waals surface area contributed by atoms with E-state index in [4.69, 9.17) is 4.74 Å². The van der Waals surface area contributed by atoms with E-state index in [0.717, 1.165) is 24.8 Å². The Kier molecular flexibility index (Phi) is 2.31. The molecule has 0 aromatic heterocycles. The molecule has 2 saturated carbocycles. The fourth-order valence-corrected chi connectivity index (χ4v) is 4.50. The summed E-state index contributed by atoms with van der Waals surface area (Å²) in [6, 6.07) is 7.46. The van der Waals surface area contributed by atoms with Crippen molar-refractivity contribution in [3.05, 3.63) is 29.8 Å². The van der Waals surface area contributed by atoms with Crippen LogP contribution >= 0.6 is 0 Å². The molecular formula is C16H18O3. The number of rotatable bonds is 0. The van der Waals surface area contributed by atoms with Crippen molar-refractivity contribution in [3.63, 3.8) is 0 Å². The third-order valence-electron chi connectivity index (χ3n) is 5.32. The lowest BCUT2D eigenvalue weighted by Gasteiger charge is -2.59. The van der Waals surface area contributed by atoms with Gasteiger partial charge in [-0.05, 0) is 30.7 Å². The van der Waals surface area contributed by atoms with Crippen molar-refractivity contribution in [2.45, 2.75) is 37.7 Å². The fraction of sp³-hybridized carbons (Fsp3) is 0.562. The van der Waals surface area contributed by atoms with Gasteiger partial charge in [-0.1, -0.05) is 37.5 Å². The maximum Gasteiger partial charge on any atom is 0.317 e. The van der Waals surface area contributed by atoms with E-state index in [9.17, 15) is 9.90 Å². The van der Waals surface area contributed by atoms with E-state index in [0.29, 0.717) is 11.7 Å². The molecule has 1 aromatic carbocycles. The summed E-state index contributed by atoms with van der Waals surface area (Å²) in [6.07, 6.45) is 5.62. The van der Waals surface area contributed by atoms with Crippen LogP contribution < -0.4 is 4.74 Å². The SMILES string of the molecule is O=C1Oc2ccccc2[C@]2(O)[C@H]3CCCCC[C@@H]3[C@H]12. The van der Waals surface area contributed by atoms with Crippen LogP contribution in [0, 0.1) is 17.8 Å². The summed E-state index contributed by atoms with van der Waals surface area (Å²) in [5.41, 5.74) is -0.149. The van der Waals surface area contributed by atoms with Crippen LogP contribution in [-0.4, -0.2) is 11.1 Å². The van der Waals surface area contributed by atoms with Gasteiger partial charge in [0.2, 0.25) is 0 Å². The summed E-state index contributed by atoms with van der Waals surface area (Å²) >= 11 is 0. The normalized spacial score (nSPS) is 40.1. The average Bonchev–Trinajstić information content (AvgIpc) is 2.61. The van der Waals surface area contributed by atoms with E-state index in [-0.39, 0.29) is 17.8 Å². The molecule has 0 radical (unpaired) electrons. The molecule has 19 heavy (non-hydrogen) atoms. The molecule has 0 saturated heterocycles. The number of hydrogen-bond donors (Lipinski definition) is 1. The largest absolute Gasteiger partial charge is 0.426 e. The third-order valence-corrected chi connectivity index (χ3v) is 5.32. The van der Waals surface area contributed by atoms with Crippen LogP contribution in [0.3, 0.4) is 0 Å². The van der Waals surface area contributed by atoms with Gasteiger partial charge in [0.15, 0.2) is 0 Å². The van der Waals surface area contributed by atoms with Crippen molar-refractivity contribution in [2.75, 3.05) is 0 Å². The fourth-order valence-electron chi connectivity index (χ4n) is 4.50. The molecular weight excluding hydrogens is 240 g/mol. The van der Waals surface area contributed by atoms with Crippen LogP contribution in [0.15, 0.2) is 24.3 Å². The van der Waals surface area contributed by atoms with Crippen LogP contribution in [0.2, 0.25) is 0 Å². The molecule has 3 aliphatic rings. The van der Waals surface area contributed by atoms with Gasteiger partial charge in [0.1, 0.15) is 11.4 Å². The molecule has 1 aliphatic heterocycles. The number of para-hydroxylation sites is 1. The van der Waals surface area contributed by atoms with Gasteiger partial charge in [0.05, 0.1) is 5.92 Å². The van der Waals surface area contributed by atoms with Crippen molar-refractivity contribution in [1.82, 2.24) is 0 Å². The zero-order chi connectivity index (χ0) is 13.0. The molecule has 2 aliphatic carbocycles. The molecule has 0 unspecified atom stereocenters. The van der Waals surface area contributed by atoms with E-state index in [1.54, 1.807) is 6.07 Å². The molecule has 0 spiro atoms. The number of esters is 1. The quantitative estimate of drug-likeness (QED) is 0.575. The van der Waals surface area contributed by atoms with E-state index in [2.05, 4.69) is 0 Å². The molecule has 1 N–H and O–H groups in total. The highest BCUT2D eigenvalue weighted by molar-refractivity contribution is 5.82. The smallest absolute Gasteiger partial charge is 0.317 e. The maximum absolute atomic E-state index is 12.2. The Bertz CT molecular complexity index is 539. The Morgan fingerprint density at radius 1 is 1.16 bits per heavy atom. The lowest BCUT2D eigenvalue weighted by Crippen LogP contribution is -2.65. The highest BCUT2D eigenvalue weighted by atomic mass is 16.5. The van der Waals surface area contributed by atoms with Crippen LogP contribution in [0.25, 0.3) is 0 Å². The Morgan fingerprint density at radius 3 is 2.84 bits per heavy atom. The maximum atomic E-state index is 12.2. The van der Waals surface area contributed by atoms with Gasteiger partial charge in [-0.2, -0.15) is 0 Å². The first-order chi connectivity index (χ1) is 9.23. The molecule has 1 heterocycles. The van der Waals surface area contributed by atoms with Crippen molar-refractivity contribution < 1.29 is 14.6 Å². The molecule has 4 rings (SSSR count). The van der Waals surface area contributed by atoms with Gasteiger partial charge in [-0.25, -0.2) is 0 Å². The van der Waals surface area contributed by atoms with E-state index in [1.807, 2.05) is 18.2 Å². The Balaban J connectivity index is 1.83. The Labute approximate surface area is 112 Å². The van der Waals surface area contributed by atoms with Gasteiger partial charge in [0, 0.05) is 5.56 Å². The molecule has 1 aromatic rings. The first kappa shape index (κ1) is 11.5. The van der Waals surface area contributed by atoms with Gasteiger partial charge >= 0.3 is 5.97 Å². The Hall–Kier alpha value is -1.35. The van der Waals surface area contributed by atoms with Crippen molar-refractivity contribution in [3.8, 4) is 5.75 Å². The summed E-state index contributed by atoms with van der Waals surface area (Å²) < 4.78 is 5.42. The zero-order valence-electron chi connectivity index (χ0n) is 10.8. The van der Waals surface area contributed by atoms with Crippen LogP contribution in [0.1, 0.15) is 37.7 Å². The summed E-state index contributed by atoms with van der Waals surface area (Å²) in [5, 5.41) is 11.2. The van der Waals surface area contributed by atoms with Crippen molar-refractivity contribution in [2.24, 2.45) is 17.8 Å². The number of ether oxygens (including phenoxy) is 1. The number of fused-ring (bicyclic) bond motifs is 6. The molecule has 3 nitrogen and oxygen atoms in total.